The van der Waals surface area contributed by atoms with Gasteiger partial charge in [-0.2, -0.15) is 0 Å². The molecule has 2 heterocycles. The number of pyridine rings is 1. The summed E-state index contributed by atoms with van der Waals surface area (Å²) < 4.78 is 18.4. The van der Waals surface area contributed by atoms with E-state index in [1.807, 2.05) is 18.2 Å². The molecule has 1 saturated heterocycles. The van der Waals surface area contributed by atoms with Crippen molar-refractivity contribution in [2.45, 2.75) is 0 Å². The predicted molar refractivity (Wildman–Crippen MR) is 119 cm³/mol. The highest BCUT2D eigenvalue weighted by Gasteiger charge is 2.23. The normalized spacial score (nSPS) is 13.5. The summed E-state index contributed by atoms with van der Waals surface area (Å²) in [5, 5.41) is 3.08. The van der Waals surface area contributed by atoms with Crippen molar-refractivity contribution in [3.8, 4) is 0 Å². The summed E-state index contributed by atoms with van der Waals surface area (Å²) in [5.41, 5.74) is 1.44. The molecule has 1 amide bonds. The molecule has 1 fully saturated rings. The Labute approximate surface area is 185 Å². The minimum absolute atomic E-state index is 0.233. The number of nitrogens with zero attached hydrogens (tertiary/aromatic N) is 3. The van der Waals surface area contributed by atoms with E-state index < -0.39 is 5.97 Å². The summed E-state index contributed by atoms with van der Waals surface area (Å²) in [6.45, 7) is 2.08. The fourth-order valence-electron chi connectivity index (χ4n) is 3.48. The van der Waals surface area contributed by atoms with E-state index >= 15 is 0 Å². The summed E-state index contributed by atoms with van der Waals surface area (Å²) in [4.78, 5) is 33.3. The number of carbonyl (C=O) groups is 2. The molecule has 4 rings (SSSR count). The van der Waals surface area contributed by atoms with Crippen LogP contribution in [0.1, 0.15) is 10.4 Å². The third kappa shape index (κ3) is 5.21. The van der Waals surface area contributed by atoms with Crippen LogP contribution in [-0.4, -0.2) is 54.5 Å². The van der Waals surface area contributed by atoms with Crippen molar-refractivity contribution in [2.24, 2.45) is 0 Å². The van der Waals surface area contributed by atoms with Crippen molar-refractivity contribution in [1.29, 1.82) is 0 Å². The van der Waals surface area contributed by atoms with Crippen LogP contribution in [0.15, 0.2) is 72.9 Å². The molecule has 0 atom stereocenters. The Kier molecular flexibility index (Phi) is 6.60. The quantitative estimate of drug-likeness (QED) is 0.599. The number of hydrogen-bond donors (Lipinski definition) is 1. The number of rotatable bonds is 6. The molecule has 0 aliphatic carbocycles. The number of ether oxygens (including phenoxy) is 1. The van der Waals surface area contributed by atoms with Gasteiger partial charge in [0.25, 0.3) is 5.91 Å². The zero-order valence-electron chi connectivity index (χ0n) is 17.4. The lowest BCUT2D eigenvalue weighted by Gasteiger charge is -2.35. The van der Waals surface area contributed by atoms with Crippen LogP contribution in [0.5, 0.6) is 0 Å². The number of esters is 1. The minimum atomic E-state index is -0.601. The maximum Gasteiger partial charge on any atom is 0.340 e. The van der Waals surface area contributed by atoms with Crippen LogP contribution in [0.3, 0.4) is 0 Å². The highest BCUT2D eigenvalue weighted by Crippen LogP contribution is 2.22. The van der Waals surface area contributed by atoms with Gasteiger partial charge in [0.15, 0.2) is 6.61 Å². The number of benzene rings is 2. The largest absolute Gasteiger partial charge is 0.452 e. The number of piperazine rings is 1. The van der Waals surface area contributed by atoms with Gasteiger partial charge in [0, 0.05) is 38.1 Å². The van der Waals surface area contributed by atoms with Crippen LogP contribution in [0.2, 0.25) is 0 Å². The average molecular weight is 434 g/mol. The predicted octanol–water partition coefficient (Wildman–Crippen LogP) is 3.47. The first-order valence-corrected chi connectivity index (χ1v) is 10.3. The SMILES string of the molecule is O=C(OCC(=O)N1CCN(c2ccccn2)CC1)c1ccccc1Nc1ccc(F)cc1. The molecule has 164 valence electrons. The van der Waals surface area contributed by atoms with Gasteiger partial charge < -0.3 is 19.9 Å². The topological polar surface area (TPSA) is 74.8 Å². The number of halogens is 1. The number of para-hydroxylation sites is 1. The molecule has 7 nitrogen and oxygen atoms in total. The van der Waals surface area contributed by atoms with E-state index in [2.05, 4.69) is 15.2 Å². The van der Waals surface area contributed by atoms with E-state index in [9.17, 15) is 14.0 Å². The van der Waals surface area contributed by atoms with Crippen LogP contribution in [0.4, 0.5) is 21.6 Å². The van der Waals surface area contributed by atoms with E-state index in [0.717, 1.165) is 5.82 Å². The van der Waals surface area contributed by atoms with Gasteiger partial charge in [-0.3, -0.25) is 4.79 Å². The third-order valence-electron chi connectivity index (χ3n) is 5.20. The van der Waals surface area contributed by atoms with Gasteiger partial charge >= 0.3 is 5.97 Å². The van der Waals surface area contributed by atoms with Gasteiger partial charge in [-0.25, -0.2) is 14.2 Å². The lowest BCUT2D eigenvalue weighted by Crippen LogP contribution is -2.50. The van der Waals surface area contributed by atoms with Gasteiger partial charge in [-0.05, 0) is 48.5 Å². The Hall–Kier alpha value is -3.94. The average Bonchev–Trinajstić information content (AvgIpc) is 2.85. The van der Waals surface area contributed by atoms with Crippen molar-refractivity contribution in [3.63, 3.8) is 0 Å². The molecule has 1 aliphatic heterocycles. The second-order valence-electron chi connectivity index (χ2n) is 7.31. The molecule has 0 spiro atoms. The van der Waals surface area contributed by atoms with Crippen molar-refractivity contribution in [1.82, 2.24) is 9.88 Å². The molecule has 1 aliphatic rings. The smallest absolute Gasteiger partial charge is 0.340 e. The second-order valence-corrected chi connectivity index (χ2v) is 7.31. The van der Waals surface area contributed by atoms with Gasteiger partial charge in [0.2, 0.25) is 0 Å². The van der Waals surface area contributed by atoms with E-state index in [0.29, 0.717) is 43.1 Å². The van der Waals surface area contributed by atoms with Gasteiger partial charge in [-0.1, -0.05) is 18.2 Å². The number of anilines is 3. The lowest BCUT2D eigenvalue weighted by atomic mass is 10.1. The zero-order valence-corrected chi connectivity index (χ0v) is 17.4. The molecule has 0 radical (unpaired) electrons. The Balaban J connectivity index is 1.31. The molecule has 1 aromatic heterocycles. The first kappa shape index (κ1) is 21.3. The number of carbonyl (C=O) groups excluding carboxylic acids is 2. The van der Waals surface area contributed by atoms with Crippen molar-refractivity contribution < 1.29 is 18.7 Å². The summed E-state index contributed by atoms with van der Waals surface area (Å²) in [7, 11) is 0. The molecule has 0 saturated carbocycles. The molecule has 2 aromatic carbocycles. The van der Waals surface area contributed by atoms with E-state index in [1.54, 1.807) is 47.5 Å². The molecule has 8 heteroatoms. The van der Waals surface area contributed by atoms with E-state index in [-0.39, 0.29) is 18.3 Å². The fraction of sp³-hybridized carbons (Fsp3) is 0.208. The Morgan fingerprint density at radius 1 is 0.938 bits per heavy atom. The highest BCUT2D eigenvalue weighted by molar-refractivity contribution is 5.97. The van der Waals surface area contributed by atoms with Gasteiger partial charge in [-0.15, -0.1) is 0 Å². The van der Waals surface area contributed by atoms with E-state index in [1.165, 1.54) is 12.1 Å². The monoisotopic (exact) mass is 434 g/mol. The first-order valence-electron chi connectivity index (χ1n) is 10.3. The standard InChI is InChI=1S/C24H23FN4O3/c25-18-8-10-19(11-9-18)27-21-6-2-1-5-20(21)24(31)32-17-23(30)29-15-13-28(14-16-29)22-7-3-4-12-26-22/h1-12,27H,13-17H2. The summed E-state index contributed by atoms with van der Waals surface area (Å²) in [5.74, 6) is -0.294. The Bertz CT molecular complexity index is 1070. The van der Waals surface area contributed by atoms with Crippen LogP contribution >= 0.6 is 0 Å². The zero-order chi connectivity index (χ0) is 22.3. The molecular weight excluding hydrogens is 411 g/mol. The van der Waals surface area contributed by atoms with E-state index in [4.69, 9.17) is 4.74 Å². The van der Waals surface area contributed by atoms with Crippen LogP contribution in [0.25, 0.3) is 0 Å². The summed E-state index contributed by atoms with van der Waals surface area (Å²) >= 11 is 0. The van der Waals surface area contributed by atoms with Gasteiger partial charge in [0.05, 0.1) is 11.3 Å². The molecule has 0 unspecified atom stereocenters. The van der Waals surface area contributed by atoms with Crippen LogP contribution in [-0.2, 0) is 9.53 Å². The molecule has 0 bridgehead atoms. The van der Waals surface area contributed by atoms with Gasteiger partial charge in [0.1, 0.15) is 11.6 Å². The number of amides is 1. The molecule has 3 aromatic rings. The summed E-state index contributed by atoms with van der Waals surface area (Å²) in [6, 6.07) is 18.4. The lowest BCUT2D eigenvalue weighted by molar-refractivity contribution is -0.134. The third-order valence-corrected chi connectivity index (χ3v) is 5.20. The highest BCUT2D eigenvalue weighted by atomic mass is 19.1. The van der Waals surface area contributed by atoms with Crippen molar-refractivity contribution >= 4 is 29.1 Å². The van der Waals surface area contributed by atoms with Crippen LogP contribution in [0, 0.1) is 5.82 Å². The Morgan fingerprint density at radius 2 is 1.66 bits per heavy atom. The molecule has 32 heavy (non-hydrogen) atoms. The number of nitrogens with one attached hydrogen (secondary N) is 1. The van der Waals surface area contributed by atoms with Crippen molar-refractivity contribution in [3.05, 3.63) is 84.3 Å². The maximum atomic E-state index is 13.1. The Morgan fingerprint density at radius 3 is 2.38 bits per heavy atom. The minimum Gasteiger partial charge on any atom is -0.452 e. The van der Waals surface area contributed by atoms with Crippen molar-refractivity contribution in [2.75, 3.05) is 43.0 Å². The molecule has 1 N–H and O–H groups in total. The maximum absolute atomic E-state index is 13.1. The number of hydrogen-bond acceptors (Lipinski definition) is 6. The fourth-order valence-corrected chi connectivity index (χ4v) is 3.48. The first-order chi connectivity index (χ1) is 15.6. The molecular formula is C24H23FN4O3. The second kappa shape index (κ2) is 9.91. The van der Waals surface area contributed by atoms with Crippen LogP contribution < -0.4 is 10.2 Å². The summed E-state index contributed by atoms with van der Waals surface area (Å²) in [6.07, 6.45) is 1.75. The number of aromatic nitrogens is 1.